The number of carbonyl (C=O) groups is 1. The molecule has 1 atom stereocenters. The molecule has 0 bridgehead atoms. The fourth-order valence-electron chi connectivity index (χ4n) is 2.40. The highest BCUT2D eigenvalue weighted by Crippen LogP contribution is 2.10. The molecule has 1 saturated heterocycles. The van der Waals surface area contributed by atoms with Gasteiger partial charge in [0.15, 0.2) is 0 Å². The molecule has 0 aromatic heterocycles. The molecule has 0 saturated carbocycles. The van der Waals surface area contributed by atoms with Gasteiger partial charge in [0.1, 0.15) is 0 Å². The number of amides is 1. The van der Waals surface area contributed by atoms with Crippen molar-refractivity contribution < 1.29 is 9.53 Å². The van der Waals surface area contributed by atoms with E-state index in [0.717, 1.165) is 38.1 Å². The predicted molar refractivity (Wildman–Crippen MR) is 79.4 cm³/mol. The van der Waals surface area contributed by atoms with Crippen LogP contribution in [0.5, 0.6) is 0 Å². The molecule has 1 amide bonds. The van der Waals surface area contributed by atoms with Gasteiger partial charge in [-0.2, -0.15) is 0 Å². The molecule has 20 heavy (non-hydrogen) atoms. The zero-order valence-corrected chi connectivity index (χ0v) is 12.2. The highest BCUT2D eigenvalue weighted by atomic mass is 16.5. The number of nitrogens with one attached hydrogen (secondary N) is 1. The first-order valence-corrected chi connectivity index (χ1v) is 7.36. The quantitative estimate of drug-likeness (QED) is 0.772. The van der Waals surface area contributed by atoms with Crippen LogP contribution in [0.4, 0.5) is 0 Å². The highest BCUT2D eigenvalue weighted by molar-refractivity contribution is 5.76. The van der Waals surface area contributed by atoms with E-state index in [2.05, 4.69) is 5.32 Å². The summed E-state index contributed by atoms with van der Waals surface area (Å²) in [6.45, 7) is 3.13. The molecule has 0 radical (unpaired) electrons. The first-order valence-electron chi connectivity index (χ1n) is 7.36. The van der Waals surface area contributed by atoms with E-state index in [1.54, 1.807) is 4.90 Å². The second kappa shape index (κ2) is 8.02. The van der Waals surface area contributed by atoms with Gasteiger partial charge >= 0.3 is 0 Å². The maximum Gasteiger partial charge on any atom is 0.223 e. The van der Waals surface area contributed by atoms with Crippen LogP contribution in [0.1, 0.15) is 24.8 Å². The van der Waals surface area contributed by atoms with Crippen LogP contribution in [-0.2, 0) is 16.1 Å². The summed E-state index contributed by atoms with van der Waals surface area (Å²) in [6.07, 6.45) is 3.17. The van der Waals surface area contributed by atoms with E-state index < -0.39 is 0 Å². The van der Waals surface area contributed by atoms with Crippen LogP contribution in [0.2, 0.25) is 0 Å². The number of hydrogen-bond donors (Lipinski definition) is 1. The molecule has 4 nitrogen and oxygen atoms in total. The minimum atomic E-state index is 0.175. The average molecular weight is 276 g/mol. The summed E-state index contributed by atoms with van der Waals surface area (Å²) in [7, 11) is 1.86. The van der Waals surface area contributed by atoms with E-state index >= 15 is 0 Å². The third kappa shape index (κ3) is 4.94. The lowest BCUT2D eigenvalue weighted by atomic mass is 10.2. The van der Waals surface area contributed by atoms with Gasteiger partial charge < -0.3 is 15.0 Å². The van der Waals surface area contributed by atoms with Crippen LogP contribution in [0.15, 0.2) is 30.3 Å². The Bertz CT molecular complexity index is 402. The Labute approximate surface area is 121 Å². The fourth-order valence-corrected chi connectivity index (χ4v) is 2.40. The van der Waals surface area contributed by atoms with Crippen LogP contribution in [0, 0.1) is 0 Å². The van der Waals surface area contributed by atoms with Crippen molar-refractivity contribution in [2.24, 2.45) is 0 Å². The largest absolute Gasteiger partial charge is 0.377 e. The molecule has 1 N–H and O–H groups in total. The van der Waals surface area contributed by atoms with Crippen LogP contribution in [-0.4, -0.2) is 43.7 Å². The number of hydrogen-bond acceptors (Lipinski definition) is 3. The van der Waals surface area contributed by atoms with Crippen LogP contribution < -0.4 is 5.32 Å². The van der Waals surface area contributed by atoms with Crippen LogP contribution in [0.3, 0.4) is 0 Å². The highest BCUT2D eigenvalue weighted by Gasteiger charge is 2.15. The van der Waals surface area contributed by atoms with Gasteiger partial charge in [0, 0.05) is 39.7 Å². The van der Waals surface area contributed by atoms with E-state index in [0.29, 0.717) is 19.1 Å². The first-order chi connectivity index (χ1) is 9.75. The van der Waals surface area contributed by atoms with Crippen molar-refractivity contribution >= 4 is 5.91 Å². The van der Waals surface area contributed by atoms with Gasteiger partial charge in [-0.1, -0.05) is 30.3 Å². The second-order valence-electron chi connectivity index (χ2n) is 5.32. The van der Waals surface area contributed by atoms with E-state index in [-0.39, 0.29) is 5.91 Å². The van der Waals surface area contributed by atoms with Gasteiger partial charge in [-0.15, -0.1) is 0 Å². The van der Waals surface area contributed by atoms with E-state index in [4.69, 9.17) is 4.74 Å². The molecule has 0 spiro atoms. The lowest BCUT2D eigenvalue weighted by Crippen LogP contribution is -2.32. The van der Waals surface area contributed by atoms with Gasteiger partial charge in [-0.3, -0.25) is 4.79 Å². The molecule has 1 fully saturated rings. The zero-order valence-electron chi connectivity index (χ0n) is 12.2. The first kappa shape index (κ1) is 15.0. The van der Waals surface area contributed by atoms with Crippen molar-refractivity contribution in [1.29, 1.82) is 0 Å². The summed E-state index contributed by atoms with van der Waals surface area (Å²) in [6, 6.07) is 10.1. The molecule has 1 aliphatic rings. The molecule has 1 aliphatic heterocycles. The smallest absolute Gasteiger partial charge is 0.223 e. The Balaban J connectivity index is 1.61. The van der Waals surface area contributed by atoms with Gasteiger partial charge in [-0.25, -0.2) is 0 Å². The van der Waals surface area contributed by atoms with E-state index in [1.165, 1.54) is 0 Å². The van der Waals surface area contributed by atoms with Crippen LogP contribution >= 0.6 is 0 Å². The van der Waals surface area contributed by atoms with Crippen LogP contribution in [0.25, 0.3) is 0 Å². The van der Waals surface area contributed by atoms with Crippen molar-refractivity contribution in [2.45, 2.75) is 31.9 Å². The average Bonchev–Trinajstić information content (AvgIpc) is 2.97. The summed E-state index contributed by atoms with van der Waals surface area (Å²) < 4.78 is 5.53. The standard InChI is InChI=1S/C16H24N2O2/c1-18(13-14-6-3-2-4-7-14)16(19)9-10-17-12-15-8-5-11-20-15/h2-4,6-7,15,17H,5,8-13H2,1H3. The zero-order chi connectivity index (χ0) is 14.2. The molecule has 110 valence electrons. The van der Waals surface area contributed by atoms with E-state index in [9.17, 15) is 4.79 Å². The molecule has 1 aromatic rings. The minimum absolute atomic E-state index is 0.175. The SMILES string of the molecule is CN(Cc1ccccc1)C(=O)CCNCC1CCCO1. The summed E-state index contributed by atoms with van der Waals surface area (Å²) in [4.78, 5) is 13.8. The normalized spacial score (nSPS) is 18.1. The monoisotopic (exact) mass is 276 g/mol. The van der Waals surface area contributed by atoms with Gasteiger partial charge in [0.25, 0.3) is 0 Å². The maximum atomic E-state index is 12.0. The fraction of sp³-hybridized carbons (Fsp3) is 0.562. The molecule has 2 rings (SSSR count). The number of benzene rings is 1. The van der Waals surface area contributed by atoms with Crippen molar-refractivity contribution in [3.63, 3.8) is 0 Å². The third-order valence-corrected chi connectivity index (χ3v) is 3.60. The third-order valence-electron chi connectivity index (χ3n) is 3.60. The Morgan fingerprint density at radius 2 is 2.20 bits per heavy atom. The Morgan fingerprint density at radius 1 is 1.40 bits per heavy atom. The second-order valence-corrected chi connectivity index (χ2v) is 5.32. The number of ether oxygens (including phenoxy) is 1. The molecule has 4 heteroatoms. The van der Waals surface area contributed by atoms with Crippen molar-refractivity contribution in [1.82, 2.24) is 10.2 Å². The molecular weight excluding hydrogens is 252 g/mol. The summed E-state index contributed by atoms with van der Waals surface area (Å²) >= 11 is 0. The predicted octanol–water partition coefficient (Wildman–Crippen LogP) is 1.80. The van der Waals surface area contributed by atoms with Crippen molar-refractivity contribution in [3.05, 3.63) is 35.9 Å². The molecular formula is C16H24N2O2. The lowest BCUT2D eigenvalue weighted by Gasteiger charge is -2.18. The maximum absolute atomic E-state index is 12.0. The number of rotatable bonds is 7. The number of nitrogens with zero attached hydrogens (tertiary/aromatic N) is 1. The summed E-state index contributed by atoms with van der Waals surface area (Å²) in [5, 5.41) is 3.30. The molecule has 1 heterocycles. The van der Waals surface area contributed by atoms with Gasteiger partial charge in [0.2, 0.25) is 5.91 Å². The minimum Gasteiger partial charge on any atom is -0.377 e. The van der Waals surface area contributed by atoms with Gasteiger partial charge in [0.05, 0.1) is 6.10 Å². The number of carbonyl (C=O) groups excluding carboxylic acids is 1. The van der Waals surface area contributed by atoms with Crippen molar-refractivity contribution in [3.8, 4) is 0 Å². The van der Waals surface area contributed by atoms with E-state index in [1.807, 2.05) is 37.4 Å². The molecule has 0 aliphatic carbocycles. The topological polar surface area (TPSA) is 41.6 Å². The lowest BCUT2D eigenvalue weighted by molar-refractivity contribution is -0.130. The Hall–Kier alpha value is -1.39. The molecule has 1 unspecified atom stereocenters. The summed E-state index contributed by atoms with van der Waals surface area (Å²) in [5.41, 5.74) is 1.16. The van der Waals surface area contributed by atoms with Crippen molar-refractivity contribution in [2.75, 3.05) is 26.7 Å². The summed E-state index contributed by atoms with van der Waals surface area (Å²) in [5.74, 6) is 0.175. The Kier molecular flexibility index (Phi) is 6.02. The van der Waals surface area contributed by atoms with Gasteiger partial charge in [-0.05, 0) is 18.4 Å². The Morgan fingerprint density at radius 3 is 2.90 bits per heavy atom. The molecule has 1 aromatic carbocycles.